The van der Waals surface area contributed by atoms with E-state index >= 15 is 0 Å². The van der Waals surface area contributed by atoms with Gasteiger partial charge in [-0.1, -0.05) is 44.0 Å². The van der Waals surface area contributed by atoms with Crippen LogP contribution >= 0.6 is 0 Å². The van der Waals surface area contributed by atoms with Gasteiger partial charge < -0.3 is 5.32 Å². The second kappa shape index (κ2) is 5.70. The van der Waals surface area contributed by atoms with Gasteiger partial charge in [0.05, 0.1) is 0 Å². The predicted octanol–water partition coefficient (Wildman–Crippen LogP) is 3.90. The lowest BCUT2D eigenvalue weighted by Gasteiger charge is -2.27. The molecule has 1 fully saturated rings. The van der Waals surface area contributed by atoms with Crippen molar-refractivity contribution < 1.29 is 0 Å². The van der Waals surface area contributed by atoms with Crippen molar-refractivity contribution in [1.82, 2.24) is 10.3 Å². The standard InChI is InChI=1S/C17H22N2/c1-13-5-4-7-16(9-13)19-12-15-11-18-10-14-6-2-3-8-17(14)15/h2-3,6,8,10-11,13,16,19H,4-5,7,9,12H2,1H3. The number of pyridine rings is 1. The Hall–Kier alpha value is -1.41. The van der Waals surface area contributed by atoms with Crippen LogP contribution in [0.2, 0.25) is 0 Å². The summed E-state index contributed by atoms with van der Waals surface area (Å²) in [4.78, 5) is 4.35. The molecule has 2 atom stereocenters. The molecule has 2 unspecified atom stereocenters. The molecule has 0 saturated heterocycles. The minimum absolute atomic E-state index is 0.683. The number of nitrogens with one attached hydrogen (secondary N) is 1. The fraction of sp³-hybridized carbons (Fsp3) is 0.471. The van der Waals surface area contributed by atoms with Crippen LogP contribution in [-0.4, -0.2) is 11.0 Å². The van der Waals surface area contributed by atoms with E-state index in [2.05, 4.69) is 41.5 Å². The van der Waals surface area contributed by atoms with Gasteiger partial charge in [0.15, 0.2) is 0 Å². The Bertz CT molecular complexity index is 544. The molecule has 2 aromatic rings. The second-order valence-corrected chi connectivity index (χ2v) is 5.87. The zero-order valence-electron chi connectivity index (χ0n) is 11.6. The molecule has 3 rings (SSSR count). The first-order valence-electron chi connectivity index (χ1n) is 7.38. The van der Waals surface area contributed by atoms with Gasteiger partial charge in [-0.2, -0.15) is 0 Å². The topological polar surface area (TPSA) is 24.9 Å². The van der Waals surface area contributed by atoms with E-state index in [0.29, 0.717) is 6.04 Å². The monoisotopic (exact) mass is 254 g/mol. The van der Waals surface area contributed by atoms with Crippen molar-refractivity contribution in [3.05, 3.63) is 42.2 Å². The largest absolute Gasteiger partial charge is 0.310 e. The first-order valence-corrected chi connectivity index (χ1v) is 7.38. The lowest BCUT2D eigenvalue weighted by atomic mass is 9.87. The number of nitrogens with zero attached hydrogens (tertiary/aromatic N) is 1. The number of aromatic nitrogens is 1. The van der Waals surface area contributed by atoms with Crippen LogP contribution in [0.5, 0.6) is 0 Å². The maximum Gasteiger partial charge on any atom is 0.0346 e. The van der Waals surface area contributed by atoms with E-state index in [-0.39, 0.29) is 0 Å². The molecule has 2 nitrogen and oxygen atoms in total. The minimum Gasteiger partial charge on any atom is -0.310 e. The molecule has 19 heavy (non-hydrogen) atoms. The van der Waals surface area contributed by atoms with Crippen LogP contribution in [0.3, 0.4) is 0 Å². The van der Waals surface area contributed by atoms with Gasteiger partial charge in [0, 0.05) is 30.4 Å². The summed E-state index contributed by atoms with van der Waals surface area (Å²) >= 11 is 0. The quantitative estimate of drug-likeness (QED) is 0.898. The second-order valence-electron chi connectivity index (χ2n) is 5.87. The van der Waals surface area contributed by atoms with Gasteiger partial charge in [0.25, 0.3) is 0 Å². The smallest absolute Gasteiger partial charge is 0.0346 e. The maximum absolute atomic E-state index is 4.35. The molecular formula is C17H22N2. The molecule has 2 heteroatoms. The van der Waals surface area contributed by atoms with Crippen molar-refractivity contribution in [2.75, 3.05) is 0 Å². The van der Waals surface area contributed by atoms with Crippen LogP contribution in [0.15, 0.2) is 36.7 Å². The highest BCUT2D eigenvalue weighted by atomic mass is 14.9. The zero-order valence-corrected chi connectivity index (χ0v) is 11.6. The van der Waals surface area contributed by atoms with Crippen molar-refractivity contribution in [3.8, 4) is 0 Å². The van der Waals surface area contributed by atoms with E-state index in [1.165, 1.54) is 42.0 Å². The molecule has 1 heterocycles. The summed E-state index contributed by atoms with van der Waals surface area (Å²) in [7, 11) is 0. The third-order valence-electron chi connectivity index (χ3n) is 4.27. The van der Waals surface area contributed by atoms with Gasteiger partial charge in [-0.05, 0) is 29.7 Å². The third-order valence-corrected chi connectivity index (χ3v) is 4.27. The van der Waals surface area contributed by atoms with E-state index in [4.69, 9.17) is 0 Å². The summed E-state index contributed by atoms with van der Waals surface area (Å²) < 4.78 is 0. The normalized spacial score (nSPS) is 23.6. The molecule has 0 amide bonds. The first kappa shape index (κ1) is 12.6. The molecular weight excluding hydrogens is 232 g/mol. The summed E-state index contributed by atoms with van der Waals surface area (Å²) in [5, 5.41) is 6.28. The SMILES string of the molecule is CC1CCCC(NCc2cncc3ccccc23)C1. The van der Waals surface area contributed by atoms with Crippen LogP contribution in [0.4, 0.5) is 0 Å². The van der Waals surface area contributed by atoms with E-state index in [0.717, 1.165) is 12.5 Å². The van der Waals surface area contributed by atoms with Gasteiger partial charge >= 0.3 is 0 Å². The van der Waals surface area contributed by atoms with E-state index in [1.807, 2.05) is 12.4 Å². The summed E-state index contributed by atoms with van der Waals surface area (Å²) in [6.45, 7) is 3.30. The first-order chi connectivity index (χ1) is 9.33. The Balaban J connectivity index is 1.71. The highest BCUT2D eigenvalue weighted by molar-refractivity contribution is 5.84. The highest BCUT2D eigenvalue weighted by Crippen LogP contribution is 2.24. The lowest BCUT2D eigenvalue weighted by Crippen LogP contribution is -2.33. The molecule has 0 aliphatic heterocycles. The molecule has 100 valence electrons. The highest BCUT2D eigenvalue weighted by Gasteiger charge is 2.18. The Morgan fingerprint density at radius 2 is 2.11 bits per heavy atom. The Morgan fingerprint density at radius 1 is 1.21 bits per heavy atom. The average molecular weight is 254 g/mol. The average Bonchev–Trinajstić information content (AvgIpc) is 2.45. The summed E-state index contributed by atoms with van der Waals surface area (Å²) in [5.74, 6) is 0.872. The van der Waals surface area contributed by atoms with Gasteiger partial charge in [0.2, 0.25) is 0 Å². The van der Waals surface area contributed by atoms with Gasteiger partial charge in [0.1, 0.15) is 0 Å². The van der Waals surface area contributed by atoms with Crippen molar-refractivity contribution in [2.24, 2.45) is 5.92 Å². The third kappa shape index (κ3) is 2.95. The molecule has 1 N–H and O–H groups in total. The van der Waals surface area contributed by atoms with Crippen LogP contribution < -0.4 is 5.32 Å². The fourth-order valence-electron chi connectivity index (χ4n) is 3.19. The predicted molar refractivity (Wildman–Crippen MR) is 80.0 cm³/mol. The van der Waals surface area contributed by atoms with E-state index in [1.54, 1.807) is 0 Å². The summed E-state index contributed by atoms with van der Waals surface area (Å²) in [5.41, 5.74) is 1.32. The number of fused-ring (bicyclic) bond motifs is 1. The number of hydrogen-bond donors (Lipinski definition) is 1. The van der Waals surface area contributed by atoms with Gasteiger partial charge in [-0.15, -0.1) is 0 Å². The van der Waals surface area contributed by atoms with Crippen LogP contribution in [-0.2, 0) is 6.54 Å². The minimum atomic E-state index is 0.683. The van der Waals surface area contributed by atoms with Crippen molar-refractivity contribution in [1.29, 1.82) is 0 Å². The number of rotatable bonds is 3. The molecule has 0 spiro atoms. The number of hydrogen-bond acceptors (Lipinski definition) is 2. The van der Waals surface area contributed by atoms with Crippen molar-refractivity contribution in [3.63, 3.8) is 0 Å². The zero-order chi connectivity index (χ0) is 13.1. The molecule has 1 aromatic heterocycles. The summed E-state index contributed by atoms with van der Waals surface area (Å²) in [6, 6.07) is 9.19. The Kier molecular flexibility index (Phi) is 3.79. The number of benzene rings is 1. The Labute approximate surface area is 115 Å². The molecule has 1 aliphatic carbocycles. The van der Waals surface area contributed by atoms with Crippen molar-refractivity contribution in [2.45, 2.75) is 45.2 Å². The molecule has 1 aromatic carbocycles. The van der Waals surface area contributed by atoms with E-state index < -0.39 is 0 Å². The molecule has 0 bridgehead atoms. The molecule has 0 radical (unpaired) electrons. The fourth-order valence-corrected chi connectivity index (χ4v) is 3.19. The van der Waals surface area contributed by atoms with Crippen LogP contribution in [0.1, 0.15) is 38.2 Å². The van der Waals surface area contributed by atoms with Gasteiger partial charge in [-0.25, -0.2) is 0 Å². The molecule has 1 aliphatic rings. The van der Waals surface area contributed by atoms with Crippen LogP contribution in [0.25, 0.3) is 10.8 Å². The van der Waals surface area contributed by atoms with Crippen molar-refractivity contribution >= 4 is 10.8 Å². The molecule has 1 saturated carbocycles. The summed E-state index contributed by atoms with van der Waals surface area (Å²) in [6.07, 6.45) is 9.35. The van der Waals surface area contributed by atoms with Gasteiger partial charge in [-0.3, -0.25) is 4.98 Å². The van der Waals surface area contributed by atoms with Crippen LogP contribution in [0, 0.1) is 5.92 Å². The van der Waals surface area contributed by atoms with E-state index in [9.17, 15) is 0 Å². The maximum atomic E-state index is 4.35. The Morgan fingerprint density at radius 3 is 3.00 bits per heavy atom. The lowest BCUT2D eigenvalue weighted by molar-refractivity contribution is 0.301.